The van der Waals surface area contributed by atoms with Crippen molar-refractivity contribution >= 4 is 29.7 Å². The molecule has 1 aliphatic rings. The van der Waals surface area contributed by atoms with E-state index < -0.39 is 66.9 Å². The van der Waals surface area contributed by atoms with Crippen LogP contribution in [0.2, 0.25) is 0 Å². The average molecular weight is 416 g/mol. The van der Waals surface area contributed by atoms with Crippen molar-refractivity contribution < 1.29 is 39.3 Å². The van der Waals surface area contributed by atoms with Crippen LogP contribution < -0.4 is 16.4 Å². The van der Waals surface area contributed by atoms with Crippen molar-refractivity contribution in [2.75, 3.05) is 13.2 Å². The average Bonchev–Trinajstić information content (AvgIpc) is 3.13. The Labute approximate surface area is 167 Å². The Hall–Kier alpha value is -2.73. The zero-order valence-corrected chi connectivity index (χ0v) is 16.3. The number of aliphatic carboxylic acids is 2. The first kappa shape index (κ1) is 24.3. The van der Waals surface area contributed by atoms with Crippen LogP contribution in [0.3, 0.4) is 0 Å². The second kappa shape index (κ2) is 10.7. The lowest BCUT2D eigenvalue weighted by Crippen LogP contribution is -2.58. The first-order valence-corrected chi connectivity index (χ1v) is 9.21. The number of hydrogen-bond acceptors (Lipinski definition) is 7. The molecule has 1 heterocycles. The van der Waals surface area contributed by atoms with Gasteiger partial charge in [0.2, 0.25) is 17.7 Å². The smallest absolute Gasteiger partial charge is 0.326 e. The van der Waals surface area contributed by atoms with Gasteiger partial charge >= 0.3 is 11.9 Å². The monoisotopic (exact) mass is 416 g/mol. The Morgan fingerprint density at radius 1 is 1.07 bits per heavy atom. The van der Waals surface area contributed by atoms with Crippen molar-refractivity contribution in [2.24, 2.45) is 11.7 Å². The largest absolute Gasteiger partial charge is 0.481 e. The number of carbonyl (C=O) groups is 5. The highest BCUT2D eigenvalue weighted by Crippen LogP contribution is 2.19. The van der Waals surface area contributed by atoms with Gasteiger partial charge in [0.05, 0.1) is 19.1 Å². The van der Waals surface area contributed by atoms with Gasteiger partial charge in [-0.2, -0.15) is 0 Å². The highest BCUT2D eigenvalue weighted by atomic mass is 16.4. The van der Waals surface area contributed by atoms with Gasteiger partial charge in [0.25, 0.3) is 0 Å². The van der Waals surface area contributed by atoms with Crippen LogP contribution in [0.1, 0.15) is 33.1 Å². The molecule has 0 radical (unpaired) electrons. The van der Waals surface area contributed by atoms with Crippen LogP contribution in [-0.4, -0.2) is 87.2 Å². The molecule has 7 N–H and O–H groups in total. The van der Waals surface area contributed by atoms with Gasteiger partial charge in [0.15, 0.2) is 0 Å². The van der Waals surface area contributed by atoms with Crippen LogP contribution in [0.25, 0.3) is 0 Å². The number of carbonyl (C=O) groups excluding carboxylic acids is 3. The third kappa shape index (κ3) is 6.68. The van der Waals surface area contributed by atoms with Crippen LogP contribution in [0.15, 0.2) is 0 Å². The molecule has 1 rings (SSSR count). The van der Waals surface area contributed by atoms with Crippen molar-refractivity contribution in [2.45, 2.75) is 57.3 Å². The summed E-state index contributed by atoms with van der Waals surface area (Å²) in [5.74, 6) is -5.38. The first-order valence-electron chi connectivity index (χ1n) is 9.21. The standard InChI is InChI=1S/C17H28N4O8/c1-8(2)13(18)15(26)20-10(7-22)14(25)19-9(6-12(23)24)16(27)21-5-3-4-11(21)17(28)29/h8-11,13,22H,3-7,18H2,1-2H3,(H,19,25)(H,20,26)(H,23,24)(H,28,29). The molecule has 0 aromatic heterocycles. The minimum absolute atomic E-state index is 0.116. The number of nitrogens with two attached hydrogens (primary N) is 1. The summed E-state index contributed by atoms with van der Waals surface area (Å²) in [6.07, 6.45) is -0.138. The van der Waals surface area contributed by atoms with Crippen molar-refractivity contribution in [3.63, 3.8) is 0 Å². The fourth-order valence-electron chi connectivity index (χ4n) is 2.90. The van der Waals surface area contributed by atoms with E-state index in [1.54, 1.807) is 13.8 Å². The summed E-state index contributed by atoms with van der Waals surface area (Å²) in [4.78, 5) is 60.6. The van der Waals surface area contributed by atoms with Gasteiger partial charge < -0.3 is 36.6 Å². The van der Waals surface area contributed by atoms with Gasteiger partial charge in [-0.15, -0.1) is 0 Å². The van der Waals surface area contributed by atoms with E-state index in [9.17, 15) is 34.2 Å². The molecular formula is C17H28N4O8. The van der Waals surface area contributed by atoms with Gasteiger partial charge in [0, 0.05) is 6.54 Å². The van der Waals surface area contributed by atoms with E-state index in [0.717, 1.165) is 4.90 Å². The second-order valence-electron chi connectivity index (χ2n) is 7.20. The topological polar surface area (TPSA) is 199 Å². The van der Waals surface area contributed by atoms with Crippen LogP contribution in [0.4, 0.5) is 0 Å². The number of nitrogens with one attached hydrogen (secondary N) is 2. The fraction of sp³-hybridized carbons (Fsp3) is 0.706. The lowest BCUT2D eigenvalue weighted by atomic mass is 10.0. The van der Waals surface area contributed by atoms with E-state index in [1.807, 2.05) is 0 Å². The molecule has 1 fully saturated rings. The van der Waals surface area contributed by atoms with Gasteiger partial charge in [-0.3, -0.25) is 19.2 Å². The molecule has 1 aliphatic heterocycles. The number of nitrogens with zero attached hydrogens (tertiary/aromatic N) is 1. The van der Waals surface area contributed by atoms with Crippen molar-refractivity contribution in [1.29, 1.82) is 0 Å². The van der Waals surface area contributed by atoms with E-state index in [-0.39, 0.29) is 18.9 Å². The van der Waals surface area contributed by atoms with Crippen molar-refractivity contribution in [1.82, 2.24) is 15.5 Å². The Kier molecular flexibility index (Phi) is 8.98. The number of likely N-dealkylation sites (tertiary alicyclic amines) is 1. The van der Waals surface area contributed by atoms with E-state index in [4.69, 9.17) is 10.8 Å². The number of hydrogen-bond donors (Lipinski definition) is 6. The third-order valence-corrected chi connectivity index (χ3v) is 4.65. The van der Waals surface area contributed by atoms with Gasteiger partial charge in [0.1, 0.15) is 18.1 Å². The van der Waals surface area contributed by atoms with Crippen molar-refractivity contribution in [3.8, 4) is 0 Å². The lowest BCUT2D eigenvalue weighted by Gasteiger charge is -2.28. The lowest BCUT2D eigenvalue weighted by molar-refractivity contribution is -0.150. The van der Waals surface area contributed by atoms with Crippen LogP contribution in [0.5, 0.6) is 0 Å². The summed E-state index contributed by atoms with van der Waals surface area (Å²) in [5.41, 5.74) is 5.69. The van der Waals surface area contributed by atoms with Crippen LogP contribution in [0, 0.1) is 5.92 Å². The molecule has 12 heteroatoms. The molecule has 0 aliphatic carbocycles. The normalized spacial score (nSPS) is 19.3. The minimum atomic E-state index is -1.55. The quantitative estimate of drug-likeness (QED) is 0.222. The summed E-state index contributed by atoms with van der Waals surface area (Å²) < 4.78 is 0. The van der Waals surface area contributed by atoms with Gasteiger partial charge in [-0.25, -0.2) is 4.79 Å². The van der Waals surface area contributed by atoms with Crippen molar-refractivity contribution in [3.05, 3.63) is 0 Å². The summed E-state index contributed by atoms with van der Waals surface area (Å²) in [5, 5.41) is 32.1. The maximum absolute atomic E-state index is 12.7. The number of carboxylic acid groups (broad SMARTS) is 2. The minimum Gasteiger partial charge on any atom is -0.481 e. The molecule has 0 saturated carbocycles. The number of aliphatic hydroxyl groups is 1. The summed E-state index contributed by atoms with van der Waals surface area (Å²) in [6.45, 7) is 2.69. The Morgan fingerprint density at radius 2 is 1.66 bits per heavy atom. The molecule has 0 bridgehead atoms. The van der Waals surface area contributed by atoms with E-state index in [2.05, 4.69) is 10.6 Å². The molecule has 3 amide bonds. The second-order valence-corrected chi connectivity index (χ2v) is 7.20. The number of aliphatic hydroxyl groups excluding tert-OH is 1. The molecule has 0 spiro atoms. The first-order chi connectivity index (χ1) is 13.5. The Balaban J connectivity index is 2.91. The summed E-state index contributed by atoms with van der Waals surface area (Å²) in [6, 6.07) is -5.04. The van der Waals surface area contributed by atoms with Gasteiger partial charge in [-0.05, 0) is 18.8 Å². The maximum Gasteiger partial charge on any atom is 0.326 e. The Morgan fingerprint density at radius 3 is 2.14 bits per heavy atom. The van der Waals surface area contributed by atoms with Gasteiger partial charge in [-0.1, -0.05) is 13.8 Å². The molecule has 0 aromatic rings. The molecule has 4 atom stereocenters. The van der Waals surface area contributed by atoms with E-state index >= 15 is 0 Å². The highest BCUT2D eigenvalue weighted by molar-refractivity contribution is 5.95. The zero-order chi connectivity index (χ0) is 22.3. The predicted molar refractivity (Wildman–Crippen MR) is 98.4 cm³/mol. The number of amides is 3. The maximum atomic E-state index is 12.7. The predicted octanol–water partition coefficient (Wildman–Crippen LogP) is -2.52. The van der Waals surface area contributed by atoms with Crippen LogP contribution in [-0.2, 0) is 24.0 Å². The third-order valence-electron chi connectivity index (χ3n) is 4.65. The molecule has 164 valence electrons. The van der Waals surface area contributed by atoms with Crippen LogP contribution >= 0.6 is 0 Å². The highest BCUT2D eigenvalue weighted by Gasteiger charge is 2.39. The molecule has 29 heavy (non-hydrogen) atoms. The Bertz CT molecular complexity index is 653. The number of rotatable bonds is 10. The molecule has 4 unspecified atom stereocenters. The molecular weight excluding hydrogens is 388 g/mol. The fourth-order valence-corrected chi connectivity index (χ4v) is 2.90. The molecule has 0 aromatic carbocycles. The van der Waals surface area contributed by atoms with E-state index in [0.29, 0.717) is 6.42 Å². The van der Waals surface area contributed by atoms with E-state index in [1.165, 1.54) is 0 Å². The molecule has 12 nitrogen and oxygen atoms in total. The summed E-state index contributed by atoms with van der Waals surface area (Å²) >= 11 is 0. The number of carboxylic acids is 2. The summed E-state index contributed by atoms with van der Waals surface area (Å²) in [7, 11) is 0. The molecule has 1 saturated heterocycles. The zero-order valence-electron chi connectivity index (χ0n) is 16.3. The SMILES string of the molecule is CC(C)C(N)C(=O)NC(CO)C(=O)NC(CC(=O)O)C(=O)N1CCCC1C(=O)O.